The molecule has 0 amide bonds. The van der Waals surface area contributed by atoms with Gasteiger partial charge in [-0.3, -0.25) is 0 Å². The minimum Gasteiger partial charge on any atom is -0.451 e. The Bertz CT molecular complexity index is 548. The third-order valence-electron chi connectivity index (χ3n) is 3.36. The van der Waals surface area contributed by atoms with Crippen molar-refractivity contribution < 1.29 is 9.47 Å². The van der Waals surface area contributed by atoms with Crippen molar-refractivity contribution in [3.05, 3.63) is 48.5 Å². The van der Waals surface area contributed by atoms with E-state index in [0.29, 0.717) is 0 Å². The average molecular weight is 254 g/mol. The Morgan fingerprint density at radius 2 is 1.68 bits per heavy atom. The van der Waals surface area contributed by atoms with Gasteiger partial charge in [0.1, 0.15) is 0 Å². The van der Waals surface area contributed by atoms with Gasteiger partial charge in [-0.25, -0.2) is 0 Å². The van der Waals surface area contributed by atoms with Gasteiger partial charge in [-0.2, -0.15) is 0 Å². The molecule has 0 spiro atoms. The maximum Gasteiger partial charge on any atom is 0.241 e. The standard InChI is InChI=1S/C17H18O2/c1-2-3-9-17-18-15-11-10-14(12-16(15)19-17)13-7-5-4-6-8-13/h4-8,10-12,17H,2-3,9H2,1H3. The Labute approximate surface area is 114 Å². The van der Waals surface area contributed by atoms with Crippen LogP contribution in [0.5, 0.6) is 11.5 Å². The summed E-state index contributed by atoms with van der Waals surface area (Å²) >= 11 is 0. The second-order valence-electron chi connectivity index (χ2n) is 4.84. The first-order valence-corrected chi connectivity index (χ1v) is 6.89. The smallest absolute Gasteiger partial charge is 0.241 e. The van der Waals surface area contributed by atoms with Crippen LogP contribution in [0.15, 0.2) is 48.5 Å². The number of unbranched alkanes of at least 4 members (excludes halogenated alkanes) is 1. The lowest BCUT2D eigenvalue weighted by Crippen LogP contribution is -2.17. The summed E-state index contributed by atoms with van der Waals surface area (Å²) in [5.41, 5.74) is 2.37. The summed E-state index contributed by atoms with van der Waals surface area (Å²) in [5.74, 6) is 1.73. The average Bonchev–Trinajstić information content (AvgIpc) is 2.87. The Morgan fingerprint density at radius 3 is 2.47 bits per heavy atom. The molecule has 2 aromatic rings. The lowest BCUT2D eigenvalue weighted by molar-refractivity contribution is 0.0400. The van der Waals surface area contributed by atoms with E-state index in [1.54, 1.807) is 0 Å². The van der Waals surface area contributed by atoms with Crippen LogP contribution in [0.2, 0.25) is 0 Å². The second-order valence-corrected chi connectivity index (χ2v) is 4.84. The van der Waals surface area contributed by atoms with Gasteiger partial charge in [0.25, 0.3) is 0 Å². The summed E-state index contributed by atoms with van der Waals surface area (Å²) in [6.45, 7) is 2.18. The molecule has 0 N–H and O–H groups in total. The van der Waals surface area contributed by atoms with Crippen LogP contribution in [-0.4, -0.2) is 6.29 Å². The van der Waals surface area contributed by atoms with Crippen molar-refractivity contribution in [3.63, 3.8) is 0 Å². The molecule has 1 aliphatic heterocycles. The third kappa shape index (κ3) is 2.58. The number of benzene rings is 2. The zero-order chi connectivity index (χ0) is 13.1. The van der Waals surface area contributed by atoms with Crippen LogP contribution in [0.4, 0.5) is 0 Å². The van der Waals surface area contributed by atoms with Crippen molar-refractivity contribution in [1.29, 1.82) is 0 Å². The first-order valence-electron chi connectivity index (χ1n) is 6.89. The van der Waals surface area contributed by atoms with Crippen molar-refractivity contribution in [2.24, 2.45) is 0 Å². The normalized spacial score (nSPS) is 16.6. The highest BCUT2D eigenvalue weighted by molar-refractivity contribution is 5.67. The monoisotopic (exact) mass is 254 g/mol. The first-order chi connectivity index (χ1) is 9.36. The number of ether oxygens (including phenoxy) is 2. The van der Waals surface area contributed by atoms with E-state index < -0.39 is 0 Å². The molecule has 2 aromatic carbocycles. The minimum atomic E-state index is -0.110. The molecule has 98 valence electrons. The second kappa shape index (κ2) is 5.35. The van der Waals surface area contributed by atoms with Crippen molar-refractivity contribution >= 4 is 0 Å². The van der Waals surface area contributed by atoms with Crippen molar-refractivity contribution in [1.82, 2.24) is 0 Å². The summed E-state index contributed by atoms with van der Waals surface area (Å²) in [7, 11) is 0. The molecule has 3 rings (SSSR count). The van der Waals surface area contributed by atoms with Crippen LogP contribution in [-0.2, 0) is 0 Å². The van der Waals surface area contributed by atoms with Gasteiger partial charge in [0.15, 0.2) is 11.5 Å². The number of hydrogen-bond donors (Lipinski definition) is 0. The fraction of sp³-hybridized carbons (Fsp3) is 0.294. The highest BCUT2D eigenvalue weighted by atomic mass is 16.7. The van der Waals surface area contributed by atoms with Gasteiger partial charge in [0.05, 0.1) is 0 Å². The maximum atomic E-state index is 5.85. The van der Waals surface area contributed by atoms with Crippen LogP contribution in [0, 0.1) is 0 Å². The van der Waals surface area contributed by atoms with Crippen molar-refractivity contribution in [2.45, 2.75) is 32.5 Å². The van der Waals surface area contributed by atoms with E-state index in [1.165, 1.54) is 11.1 Å². The molecule has 0 aliphatic carbocycles. The van der Waals surface area contributed by atoms with Gasteiger partial charge in [0, 0.05) is 6.42 Å². The highest BCUT2D eigenvalue weighted by Gasteiger charge is 2.23. The van der Waals surface area contributed by atoms with Gasteiger partial charge >= 0.3 is 0 Å². The predicted molar refractivity (Wildman–Crippen MR) is 76.4 cm³/mol. The highest BCUT2D eigenvalue weighted by Crippen LogP contribution is 2.38. The number of rotatable bonds is 4. The summed E-state index contributed by atoms with van der Waals surface area (Å²) < 4.78 is 11.6. The summed E-state index contributed by atoms with van der Waals surface area (Å²) in [6.07, 6.45) is 3.13. The molecule has 0 saturated heterocycles. The molecule has 19 heavy (non-hydrogen) atoms. The third-order valence-corrected chi connectivity index (χ3v) is 3.36. The maximum absolute atomic E-state index is 5.85. The fourth-order valence-corrected chi connectivity index (χ4v) is 2.30. The quantitative estimate of drug-likeness (QED) is 0.791. The molecular formula is C17H18O2. The van der Waals surface area contributed by atoms with Crippen LogP contribution in [0.1, 0.15) is 26.2 Å². The topological polar surface area (TPSA) is 18.5 Å². The van der Waals surface area contributed by atoms with Crippen molar-refractivity contribution in [3.8, 4) is 22.6 Å². The van der Waals surface area contributed by atoms with Gasteiger partial charge in [0.2, 0.25) is 6.29 Å². The zero-order valence-electron chi connectivity index (χ0n) is 11.1. The number of hydrogen-bond acceptors (Lipinski definition) is 2. The Kier molecular flexibility index (Phi) is 3.41. The molecule has 1 atom stereocenters. The molecule has 0 fully saturated rings. The molecule has 1 unspecified atom stereocenters. The van der Waals surface area contributed by atoms with E-state index in [2.05, 4.69) is 31.2 Å². The molecule has 0 saturated carbocycles. The van der Waals surface area contributed by atoms with Gasteiger partial charge in [-0.15, -0.1) is 0 Å². The van der Waals surface area contributed by atoms with Crippen LogP contribution < -0.4 is 9.47 Å². The van der Waals surface area contributed by atoms with E-state index in [4.69, 9.17) is 9.47 Å². The molecule has 0 aromatic heterocycles. The lowest BCUT2D eigenvalue weighted by Gasteiger charge is -2.08. The van der Waals surface area contributed by atoms with Crippen LogP contribution >= 0.6 is 0 Å². The lowest BCUT2D eigenvalue weighted by atomic mass is 10.1. The predicted octanol–water partition coefficient (Wildman–Crippen LogP) is 4.64. The van der Waals surface area contributed by atoms with Gasteiger partial charge < -0.3 is 9.47 Å². The van der Waals surface area contributed by atoms with Crippen LogP contribution in [0.3, 0.4) is 0 Å². The summed E-state index contributed by atoms with van der Waals surface area (Å²) in [5, 5.41) is 0. The molecular weight excluding hydrogens is 236 g/mol. The fourth-order valence-electron chi connectivity index (χ4n) is 2.30. The number of fused-ring (bicyclic) bond motifs is 1. The Balaban J connectivity index is 1.80. The first kappa shape index (κ1) is 12.1. The SMILES string of the molecule is CCCCC1Oc2ccc(-c3ccccc3)cc2O1. The Hall–Kier alpha value is -1.96. The van der Waals surface area contributed by atoms with Crippen LogP contribution in [0.25, 0.3) is 11.1 Å². The van der Waals surface area contributed by atoms with E-state index in [-0.39, 0.29) is 6.29 Å². The Morgan fingerprint density at radius 1 is 0.895 bits per heavy atom. The zero-order valence-corrected chi connectivity index (χ0v) is 11.1. The molecule has 2 nitrogen and oxygen atoms in total. The van der Waals surface area contributed by atoms with E-state index in [0.717, 1.165) is 30.8 Å². The summed E-state index contributed by atoms with van der Waals surface area (Å²) in [4.78, 5) is 0. The molecule has 0 bridgehead atoms. The van der Waals surface area contributed by atoms with Gasteiger partial charge in [-0.05, 0) is 29.7 Å². The van der Waals surface area contributed by atoms with E-state index in [9.17, 15) is 0 Å². The largest absolute Gasteiger partial charge is 0.451 e. The summed E-state index contributed by atoms with van der Waals surface area (Å²) in [6, 6.07) is 16.5. The molecule has 1 aliphatic rings. The van der Waals surface area contributed by atoms with E-state index >= 15 is 0 Å². The van der Waals surface area contributed by atoms with E-state index in [1.807, 2.05) is 24.3 Å². The van der Waals surface area contributed by atoms with Gasteiger partial charge in [-0.1, -0.05) is 49.7 Å². The molecule has 2 heteroatoms. The van der Waals surface area contributed by atoms with Crippen molar-refractivity contribution in [2.75, 3.05) is 0 Å². The molecule has 1 heterocycles. The molecule has 0 radical (unpaired) electrons. The minimum absolute atomic E-state index is 0.110.